The minimum absolute atomic E-state index is 0.115. The summed E-state index contributed by atoms with van der Waals surface area (Å²) < 4.78 is 1.42. The highest BCUT2D eigenvalue weighted by molar-refractivity contribution is 5.94. The fourth-order valence-corrected chi connectivity index (χ4v) is 2.96. The lowest BCUT2D eigenvalue weighted by Gasteiger charge is -2.30. The maximum atomic E-state index is 12.7. The molecule has 7 heteroatoms. The van der Waals surface area contributed by atoms with E-state index in [9.17, 15) is 14.4 Å². The summed E-state index contributed by atoms with van der Waals surface area (Å²) in [6.45, 7) is 0.742. The third-order valence-electron chi connectivity index (χ3n) is 4.30. The van der Waals surface area contributed by atoms with Gasteiger partial charge in [0.05, 0.1) is 17.0 Å². The second-order valence-electron chi connectivity index (χ2n) is 5.81. The molecule has 0 radical (unpaired) electrons. The van der Waals surface area contributed by atoms with Crippen LogP contribution in [0.25, 0.3) is 11.0 Å². The first-order valence-electron chi connectivity index (χ1n) is 7.53. The number of piperidine rings is 1. The molecule has 2 aromatic rings. The number of benzene rings is 1. The van der Waals surface area contributed by atoms with E-state index in [4.69, 9.17) is 5.73 Å². The van der Waals surface area contributed by atoms with Crippen LogP contribution < -0.4 is 11.3 Å². The van der Waals surface area contributed by atoms with Crippen LogP contribution in [0.4, 0.5) is 0 Å². The van der Waals surface area contributed by atoms with Gasteiger partial charge < -0.3 is 15.2 Å². The number of amides is 2. The summed E-state index contributed by atoms with van der Waals surface area (Å²) in [5, 5.41) is 0. The molecule has 2 amide bonds. The van der Waals surface area contributed by atoms with E-state index in [-0.39, 0.29) is 18.2 Å². The van der Waals surface area contributed by atoms with E-state index in [1.54, 1.807) is 25.2 Å². The Kier molecular flexibility index (Phi) is 3.85. The Hall–Kier alpha value is -2.70. The van der Waals surface area contributed by atoms with E-state index in [2.05, 4.69) is 4.98 Å². The van der Waals surface area contributed by atoms with Gasteiger partial charge in [0.25, 0.3) is 11.5 Å². The van der Waals surface area contributed by atoms with Gasteiger partial charge in [-0.05, 0) is 25.0 Å². The zero-order chi connectivity index (χ0) is 16.6. The summed E-state index contributed by atoms with van der Waals surface area (Å²) in [4.78, 5) is 42.2. The lowest BCUT2D eigenvalue weighted by molar-refractivity contribution is -0.123. The van der Waals surface area contributed by atoms with Crippen molar-refractivity contribution >= 4 is 22.8 Å². The Balaban J connectivity index is 1.99. The molecule has 2 heterocycles. The first-order chi connectivity index (χ1) is 11.0. The molecule has 1 aliphatic heterocycles. The number of para-hydroxylation sites is 2. The monoisotopic (exact) mass is 314 g/mol. The van der Waals surface area contributed by atoms with E-state index in [1.165, 1.54) is 9.47 Å². The molecule has 120 valence electrons. The van der Waals surface area contributed by atoms with Crippen LogP contribution in [0.3, 0.4) is 0 Å². The lowest BCUT2D eigenvalue weighted by Crippen LogP contribution is -2.46. The number of carbonyl (C=O) groups excluding carboxylic acids is 2. The van der Waals surface area contributed by atoms with Crippen LogP contribution in [0.2, 0.25) is 0 Å². The van der Waals surface area contributed by atoms with Crippen molar-refractivity contribution in [2.24, 2.45) is 18.7 Å². The Morgan fingerprint density at radius 3 is 2.78 bits per heavy atom. The summed E-state index contributed by atoms with van der Waals surface area (Å²) in [6, 6.07) is 7.15. The highest BCUT2D eigenvalue weighted by Crippen LogP contribution is 2.18. The maximum absolute atomic E-state index is 12.7. The number of hydrogen-bond donors (Lipinski definition) is 1. The highest BCUT2D eigenvalue weighted by Gasteiger charge is 2.29. The molecule has 1 aromatic carbocycles. The number of fused-ring (bicyclic) bond motifs is 1. The van der Waals surface area contributed by atoms with Crippen molar-refractivity contribution < 1.29 is 9.59 Å². The normalized spacial score (nSPS) is 18.1. The number of primary amides is 1. The number of aromatic nitrogens is 2. The highest BCUT2D eigenvalue weighted by atomic mass is 16.2. The Labute approximate surface area is 132 Å². The van der Waals surface area contributed by atoms with Gasteiger partial charge in [-0.25, -0.2) is 4.98 Å². The van der Waals surface area contributed by atoms with Crippen molar-refractivity contribution in [3.8, 4) is 0 Å². The third kappa shape index (κ3) is 2.69. The number of hydrogen-bond acceptors (Lipinski definition) is 4. The van der Waals surface area contributed by atoms with E-state index >= 15 is 0 Å². The summed E-state index contributed by atoms with van der Waals surface area (Å²) in [7, 11) is 1.62. The van der Waals surface area contributed by atoms with Crippen LogP contribution in [0, 0.1) is 5.92 Å². The predicted octanol–water partition coefficient (Wildman–Crippen LogP) is 0.271. The molecule has 1 aromatic heterocycles. The van der Waals surface area contributed by atoms with Crippen LogP contribution in [-0.2, 0) is 11.8 Å². The van der Waals surface area contributed by atoms with Gasteiger partial charge >= 0.3 is 0 Å². The number of nitrogens with two attached hydrogens (primary N) is 1. The molecule has 1 atom stereocenters. The number of nitrogens with zero attached hydrogens (tertiary/aromatic N) is 3. The SMILES string of the molecule is Cn1c(=O)c(C(=O)N2CCC[C@@H](C(N)=O)C2)nc2ccccc21. The molecule has 2 N–H and O–H groups in total. The second kappa shape index (κ2) is 5.83. The topological polar surface area (TPSA) is 98.3 Å². The lowest BCUT2D eigenvalue weighted by atomic mass is 9.97. The smallest absolute Gasteiger partial charge is 0.282 e. The molecular weight excluding hydrogens is 296 g/mol. The molecule has 0 bridgehead atoms. The number of rotatable bonds is 2. The van der Waals surface area contributed by atoms with Gasteiger partial charge in [-0.1, -0.05) is 12.1 Å². The van der Waals surface area contributed by atoms with Crippen LogP contribution in [0.5, 0.6) is 0 Å². The molecule has 1 aliphatic rings. The zero-order valence-corrected chi connectivity index (χ0v) is 12.9. The van der Waals surface area contributed by atoms with Crippen LogP contribution in [-0.4, -0.2) is 39.4 Å². The van der Waals surface area contributed by atoms with Gasteiger partial charge in [0.2, 0.25) is 5.91 Å². The minimum atomic E-state index is -0.442. The van der Waals surface area contributed by atoms with Gasteiger partial charge in [0, 0.05) is 20.1 Å². The van der Waals surface area contributed by atoms with E-state index < -0.39 is 17.4 Å². The second-order valence-corrected chi connectivity index (χ2v) is 5.81. The van der Waals surface area contributed by atoms with E-state index in [1.807, 2.05) is 6.07 Å². The number of carbonyl (C=O) groups is 2. The fraction of sp³-hybridized carbons (Fsp3) is 0.375. The number of likely N-dealkylation sites (tertiary alicyclic amines) is 1. The molecule has 0 spiro atoms. The Bertz CT molecular complexity index is 843. The Morgan fingerprint density at radius 2 is 2.04 bits per heavy atom. The molecule has 0 unspecified atom stereocenters. The predicted molar refractivity (Wildman–Crippen MR) is 84.8 cm³/mol. The van der Waals surface area contributed by atoms with Gasteiger partial charge in [0.15, 0.2) is 5.69 Å². The molecule has 0 aliphatic carbocycles. The van der Waals surface area contributed by atoms with Crippen molar-refractivity contribution in [1.82, 2.24) is 14.5 Å². The summed E-state index contributed by atoms with van der Waals surface area (Å²) in [5.41, 5.74) is 6.04. The molecule has 0 saturated carbocycles. The molecular formula is C16H18N4O3. The van der Waals surface area contributed by atoms with Gasteiger partial charge in [-0.3, -0.25) is 14.4 Å². The first-order valence-corrected chi connectivity index (χ1v) is 7.53. The van der Waals surface area contributed by atoms with Crippen molar-refractivity contribution in [3.63, 3.8) is 0 Å². The molecule has 3 rings (SSSR count). The third-order valence-corrected chi connectivity index (χ3v) is 4.30. The van der Waals surface area contributed by atoms with Gasteiger partial charge in [-0.15, -0.1) is 0 Å². The number of aryl methyl sites for hydroxylation is 1. The molecule has 23 heavy (non-hydrogen) atoms. The standard InChI is InChI=1S/C16H18N4O3/c1-19-12-7-3-2-6-11(12)18-13(15(19)22)16(23)20-8-4-5-10(9-20)14(17)21/h2-3,6-7,10H,4-5,8-9H2,1H3,(H2,17,21)/t10-/m1/s1. The average Bonchev–Trinajstić information content (AvgIpc) is 2.57. The largest absolute Gasteiger partial charge is 0.369 e. The first kappa shape index (κ1) is 15.2. The van der Waals surface area contributed by atoms with Crippen LogP contribution >= 0.6 is 0 Å². The van der Waals surface area contributed by atoms with Crippen LogP contribution in [0.1, 0.15) is 23.3 Å². The van der Waals surface area contributed by atoms with Crippen molar-refractivity contribution in [2.45, 2.75) is 12.8 Å². The van der Waals surface area contributed by atoms with E-state index in [0.29, 0.717) is 30.4 Å². The quantitative estimate of drug-likeness (QED) is 0.860. The average molecular weight is 314 g/mol. The maximum Gasteiger partial charge on any atom is 0.282 e. The molecule has 7 nitrogen and oxygen atoms in total. The van der Waals surface area contributed by atoms with Gasteiger partial charge in [0.1, 0.15) is 0 Å². The summed E-state index contributed by atoms with van der Waals surface area (Å²) in [6.07, 6.45) is 1.36. The minimum Gasteiger partial charge on any atom is -0.369 e. The summed E-state index contributed by atoms with van der Waals surface area (Å²) in [5.74, 6) is -1.22. The zero-order valence-electron chi connectivity index (χ0n) is 12.9. The van der Waals surface area contributed by atoms with Crippen molar-refractivity contribution in [3.05, 3.63) is 40.3 Å². The van der Waals surface area contributed by atoms with Crippen LogP contribution in [0.15, 0.2) is 29.1 Å². The van der Waals surface area contributed by atoms with Gasteiger partial charge in [-0.2, -0.15) is 0 Å². The van der Waals surface area contributed by atoms with Crippen molar-refractivity contribution in [2.75, 3.05) is 13.1 Å². The molecule has 1 saturated heterocycles. The Morgan fingerprint density at radius 1 is 1.30 bits per heavy atom. The molecule has 1 fully saturated rings. The fourth-order valence-electron chi connectivity index (χ4n) is 2.96. The van der Waals surface area contributed by atoms with Crippen molar-refractivity contribution in [1.29, 1.82) is 0 Å². The van der Waals surface area contributed by atoms with E-state index in [0.717, 1.165) is 0 Å². The summed E-state index contributed by atoms with van der Waals surface area (Å²) >= 11 is 0.